The summed E-state index contributed by atoms with van der Waals surface area (Å²) in [6.45, 7) is 4.50. The van der Waals surface area contributed by atoms with Crippen LogP contribution in [0.15, 0.2) is 35.8 Å². The van der Waals surface area contributed by atoms with E-state index in [0.29, 0.717) is 6.54 Å². The second-order valence-corrected chi connectivity index (χ2v) is 6.39. The Morgan fingerprint density at radius 2 is 2.00 bits per heavy atom. The van der Waals surface area contributed by atoms with Crippen LogP contribution < -0.4 is 10.6 Å². The fourth-order valence-corrected chi connectivity index (χ4v) is 3.77. The predicted octanol–water partition coefficient (Wildman–Crippen LogP) is 2.62. The van der Waals surface area contributed by atoms with Crippen LogP contribution >= 0.6 is 22.9 Å². The summed E-state index contributed by atoms with van der Waals surface area (Å²) >= 11 is 8.02. The quantitative estimate of drug-likeness (QED) is 0.940. The molecule has 0 aliphatic carbocycles. The summed E-state index contributed by atoms with van der Waals surface area (Å²) in [5.74, 6) is 0. The van der Waals surface area contributed by atoms with E-state index in [2.05, 4.69) is 20.9 Å². The van der Waals surface area contributed by atoms with Gasteiger partial charge in [0.1, 0.15) is 0 Å². The molecule has 1 aromatic heterocycles. The highest BCUT2D eigenvalue weighted by atomic mass is 35.5. The topological polar surface area (TPSA) is 45.4 Å². The number of piperazine rings is 1. The molecule has 2 N–H and O–H groups in total. The van der Waals surface area contributed by atoms with Crippen LogP contribution in [-0.2, 0) is 0 Å². The third kappa shape index (κ3) is 3.21. The summed E-state index contributed by atoms with van der Waals surface area (Å²) in [6.07, 6.45) is 1.86. The molecule has 0 bridgehead atoms. The van der Waals surface area contributed by atoms with E-state index in [4.69, 9.17) is 17.3 Å². The molecule has 2 aromatic rings. The Morgan fingerprint density at radius 1 is 1.24 bits per heavy atom. The van der Waals surface area contributed by atoms with Crippen LogP contribution in [0, 0.1) is 0 Å². The lowest BCUT2D eigenvalue weighted by Gasteiger charge is -2.39. The molecule has 1 aromatic carbocycles. The van der Waals surface area contributed by atoms with Crippen molar-refractivity contribution in [3.8, 4) is 0 Å². The standard InChI is InChI=1S/C15H19ClN4S/c16-13-4-2-1-3-12(13)14(11-17)19-6-8-20(9-7-19)15-18-5-10-21-15/h1-5,10,14H,6-9,11,17H2. The lowest BCUT2D eigenvalue weighted by Crippen LogP contribution is -2.49. The van der Waals surface area contributed by atoms with Crippen molar-refractivity contribution in [2.45, 2.75) is 6.04 Å². The van der Waals surface area contributed by atoms with Crippen molar-refractivity contribution >= 4 is 28.1 Å². The summed E-state index contributed by atoms with van der Waals surface area (Å²) in [5.41, 5.74) is 7.14. The molecule has 4 nitrogen and oxygen atoms in total. The van der Waals surface area contributed by atoms with E-state index in [1.165, 1.54) is 0 Å². The number of nitrogens with two attached hydrogens (primary N) is 1. The van der Waals surface area contributed by atoms with Crippen molar-refractivity contribution in [3.05, 3.63) is 46.4 Å². The highest BCUT2D eigenvalue weighted by Crippen LogP contribution is 2.28. The maximum Gasteiger partial charge on any atom is 0.185 e. The summed E-state index contributed by atoms with van der Waals surface area (Å²) in [7, 11) is 0. The van der Waals surface area contributed by atoms with Crippen molar-refractivity contribution in [2.75, 3.05) is 37.6 Å². The Kier molecular flexibility index (Phi) is 4.75. The van der Waals surface area contributed by atoms with Gasteiger partial charge >= 0.3 is 0 Å². The first-order valence-electron chi connectivity index (χ1n) is 7.12. The Labute approximate surface area is 134 Å². The summed E-state index contributed by atoms with van der Waals surface area (Å²) < 4.78 is 0. The van der Waals surface area contributed by atoms with Crippen LogP contribution in [-0.4, -0.2) is 42.6 Å². The number of nitrogens with zero attached hydrogens (tertiary/aromatic N) is 3. The zero-order valence-corrected chi connectivity index (χ0v) is 13.4. The number of hydrogen-bond donors (Lipinski definition) is 1. The lowest BCUT2D eigenvalue weighted by molar-refractivity contribution is 0.190. The van der Waals surface area contributed by atoms with Crippen molar-refractivity contribution in [2.24, 2.45) is 5.73 Å². The first-order valence-corrected chi connectivity index (χ1v) is 8.38. The van der Waals surface area contributed by atoms with Gasteiger partial charge in [0.15, 0.2) is 5.13 Å². The van der Waals surface area contributed by atoms with Gasteiger partial charge in [-0.2, -0.15) is 0 Å². The zero-order valence-electron chi connectivity index (χ0n) is 11.8. The number of rotatable bonds is 4. The Hall–Kier alpha value is -1.14. The molecule has 1 fully saturated rings. The lowest BCUT2D eigenvalue weighted by atomic mass is 10.0. The number of thiazole rings is 1. The normalized spacial score (nSPS) is 17.9. The van der Waals surface area contributed by atoms with Gasteiger partial charge in [-0.15, -0.1) is 11.3 Å². The molecule has 1 aliphatic rings. The van der Waals surface area contributed by atoms with Crippen molar-refractivity contribution in [3.63, 3.8) is 0 Å². The molecule has 1 saturated heterocycles. The molecular formula is C15H19ClN4S. The second kappa shape index (κ2) is 6.75. The highest BCUT2D eigenvalue weighted by molar-refractivity contribution is 7.13. The first kappa shape index (κ1) is 14.8. The number of benzene rings is 1. The van der Waals surface area contributed by atoms with Crippen LogP contribution in [0.25, 0.3) is 0 Å². The fraction of sp³-hybridized carbons (Fsp3) is 0.400. The largest absolute Gasteiger partial charge is 0.346 e. The number of hydrogen-bond acceptors (Lipinski definition) is 5. The van der Waals surface area contributed by atoms with Crippen molar-refractivity contribution in [1.82, 2.24) is 9.88 Å². The number of aromatic nitrogens is 1. The van der Waals surface area contributed by atoms with Gasteiger partial charge in [0.2, 0.25) is 0 Å². The van der Waals surface area contributed by atoms with E-state index in [1.807, 2.05) is 29.8 Å². The highest BCUT2D eigenvalue weighted by Gasteiger charge is 2.26. The van der Waals surface area contributed by atoms with Gasteiger partial charge < -0.3 is 10.6 Å². The molecule has 0 saturated carbocycles. The Bertz CT molecular complexity index is 567. The van der Waals surface area contributed by atoms with Gasteiger partial charge in [0.05, 0.1) is 0 Å². The molecular weight excluding hydrogens is 304 g/mol. The van der Waals surface area contributed by atoms with Crippen molar-refractivity contribution < 1.29 is 0 Å². The maximum absolute atomic E-state index is 6.33. The average Bonchev–Trinajstić information content (AvgIpc) is 3.05. The van der Waals surface area contributed by atoms with Crippen LogP contribution in [0.5, 0.6) is 0 Å². The predicted molar refractivity (Wildman–Crippen MR) is 89.1 cm³/mol. The molecule has 0 spiro atoms. The van der Waals surface area contributed by atoms with E-state index in [-0.39, 0.29) is 6.04 Å². The maximum atomic E-state index is 6.33. The molecule has 1 atom stereocenters. The molecule has 112 valence electrons. The molecule has 0 radical (unpaired) electrons. The minimum atomic E-state index is 0.192. The Morgan fingerprint density at radius 3 is 2.62 bits per heavy atom. The minimum Gasteiger partial charge on any atom is -0.346 e. The third-order valence-electron chi connectivity index (χ3n) is 3.93. The second-order valence-electron chi connectivity index (χ2n) is 5.11. The SMILES string of the molecule is NCC(c1ccccc1Cl)N1CCN(c2nccs2)CC1. The van der Waals surface area contributed by atoms with E-state index >= 15 is 0 Å². The van der Waals surface area contributed by atoms with Gasteiger partial charge in [-0.3, -0.25) is 4.90 Å². The summed E-state index contributed by atoms with van der Waals surface area (Å²) in [5, 5.41) is 3.93. The number of anilines is 1. The van der Waals surface area contributed by atoms with Gasteiger partial charge in [-0.1, -0.05) is 29.8 Å². The van der Waals surface area contributed by atoms with E-state index in [1.54, 1.807) is 11.3 Å². The van der Waals surface area contributed by atoms with Crippen LogP contribution in [0.3, 0.4) is 0 Å². The van der Waals surface area contributed by atoms with E-state index in [9.17, 15) is 0 Å². The van der Waals surface area contributed by atoms with Gasteiger partial charge in [-0.05, 0) is 11.6 Å². The fourth-order valence-electron chi connectivity index (χ4n) is 2.82. The van der Waals surface area contributed by atoms with Crippen LogP contribution in [0.4, 0.5) is 5.13 Å². The van der Waals surface area contributed by atoms with E-state index < -0.39 is 0 Å². The van der Waals surface area contributed by atoms with Gasteiger partial charge in [0, 0.05) is 55.4 Å². The molecule has 3 rings (SSSR count). The molecule has 1 unspecified atom stereocenters. The van der Waals surface area contributed by atoms with Crippen LogP contribution in [0.2, 0.25) is 5.02 Å². The van der Waals surface area contributed by atoms with Gasteiger partial charge in [-0.25, -0.2) is 4.98 Å². The van der Waals surface area contributed by atoms with Gasteiger partial charge in [0.25, 0.3) is 0 Å². The summed E-state index contributed by atoms with van der Waals surface area (Å²) in [6, 6.07) is 8.19. The monoisotopic (exact) mass is 322 g/mol. The number of halogens is 1. The third-order valence-corrected chi connectivity index (χ3v) is 5.11. The molecule has 0 amide bonds. The molecule has 21 heavy (non-hydrogen) atoms. The Balaban J connectivity index is 1.69. The molecule has 2 heterocycles. The molecule has 6 heteroatoms. The van der Waals surface area contributed by atoms with E-state index in [0.717, 1.165) is 41.9 Å². The smallest absolute Gasteiger partial charge is 0.185 e. The summed E-state index contributed by atoms with van der Waals surface area (Å²) in [4.78, 5) is 9.14. The first-order chi connectivity index (χ1) is 10.3. The zero-order chi connectivity index (χ0) is 14.7. The van der Waals surface area contributed by atoms with Crippen LogP contribution in [0.1, 0.15) is 11.6 Å². The molecule has 1 aliphatic heterocycles. The minimum absolute atomic E-state index is 0.192. The average molecular weight is 323 g/mol. The van der Waals surface area contributed by atoms with Crippen molar-refractivity contribution in [1.29, 1.82) is 0 Å².